The van der Waals surface area contributed by atoms with E-state index < -0.39 is 0 Å². The molecule has 0 amide bonds. The Morgan fingerprint density at radius 3 is 2.23 bits per heavy atom. The van der Waals surface area contributed by atoms with Crippen molar-refractivity contribution in [1.29, 1.82) is 0 Å². The molecule has 2 aromatic rings. The Balaban J connectivity index is 2.62. The third kappa shape index (κ3) is 1.76. The summed E-state index contributed by atoms with van der Waals surface area (Å²) in [6.45, 7) is 0. The largest absolute Gasteiger partial charge is 0.265 e. The van der Waals surface area contributed by atoms with Crippen LogP contribution in [-0.2, 0) is 0 Å². The molecule has 0 saturated heterocycles. The molecule has 0 N–H and O–H groups in total. The molecule has 0 fully saturated rings. The Morgan fingerprint density at radius 2 is 1.54 bits per heavy atom. The van der Waals surface area contributed by atoms with Crippen molar-refractivity contribution >= 4 is 42.1 Å². The number of hydrogen-bond acceptors (Lipinski definition) is 3. The summed E-state index contributed by atoms with van der Waals surface area (Å²) in [4.78, 5) is 0. The first-order valence-electron chi connectivity index (χ1n) is 3.94. The van der Waals surface area contributed by atoms with Crippen LogP contribution in [0.2, 0.25) is 0 Å². The third-order valence-corrected chi connectivity index (χ3v) is 2.43. The Labute approximate surface area is 88.5 Å². The van der Waals surface area contributed by atoms with Crippen LogP contribution < -0.4 is 3.71 Å². The standard InChI is InChI=1S/C10H9NS2/c12-11(13)10-6-5-8-3-1-2-4-9(8)7-10/h1-7,12-13H. The minimum absolute atomic E-state index is 0.977. The molecule has 0 spiro atoms. The number of benzene rings is 2. The minimum atomic E-state index is 0.977. The minimum Gasteiger partial charge on any atom is -0.265 e. The third-order valence-electron chi connectivity index (χ3n) is 1.96. The van der Waals surface area contributed by atoms with E-state index in [-0.39, 0.29) is 0 Å². The second kappa shape index (κ2) is 3.52. The fourth-order valence-corrected chi connectivity index (χ4v) is 1.55. The fraction of sp³-hybridized carbons (Fsp3) is 0. The van der Waals surface area contributed by atoms with Crippen molar-refractivity contribution in [2.24, 2.45) is 0 Å². The topological polar surface area (TPSA) is 3.24 Å². The first kappa shape index (κ1) is 8.78. The van der Waals surface area contributed by atoms with Crippen LogP contribution in [0.4, 0.5) is 5.69 Å². The van der Waals surface area contributed by atoms with Gasteiger partial charge in [-0.05, 0) is 22.9 Å². The predicted molar refractivity (Wildman–Crippen MR) is 64.4 cm³/mol. The molecular formula is C10H9NS2. The van der Waals surface area contributed by atoms with E-state index in [1.807, 2.05) is 18.2 Å². The number of hydrogen-bond donors (Lipinski definition) is 2. The van der Waals surface area contributed by atoms with Crippen LogP contribution in [0.1, 0.15) is 0 Å². The lowest BCUT2D eigenvalue weighted by molar-refractivity contribution is 1.66. The van der Waals surface area contributed by atoms with E-state index in [4.69, 9.17) is 0 Å². The molecule has 1 nitrogen and oxygen atoms in total. The fourth-order valence-electron chi connectivity index (χ4n) is 1.30. The van der Waals surface area contributed by atoms with Crippen molar-refractivity contribution in [3.63, 3.8) is 0 Å². The van der Waals surface area contributed by atoms with Gasteiger partial charge in [0.1, 0.15) is 0 Å². The molecule has 66 valence electrons. The van der Waals surface area contributed by atoms with Gasteiger partial charge in [0.25, 0.3) is 0 Å². The summed E-state index contributed by atoms with van der Waals surface area (Å²) in [7, 11) is 0. The number of rotatable bonds is 1. The number of thiol groups is 2. The summed E-state index contributed by atoms with van der Waals surface area (Å²) in [6, 6.07) is 14.3. The average molecular weight is 207 g/mol. The van der Waals surface area contributed by atoms with Crippen LogP contribution in [0, 0.1) is 0 Å². The molecule has 0 radical (unpaired) electrons. The zero-order valence-electron chi connectivity index (χ0n) is 6.88. The number of anilines is 1. The molecule has 0 bridgehead atoms. The lowest BCUT2D eigenvalue weighted by Crippen LogP contribution is -1.91. The van der Waals surface area contributed by atoms with Crippen molar-refractivity contribution in [3.8, 4) is 0 Å². The smallest absolute Gasteiger partial charge is 0.0595 e. The van der Waals surface area contributed by atoms with Gasteiger partial charge in [0.05, 0.1) is 5.69 Å². The van der Waals surface area contributed by atoms with Crippen LogP contribution in [0.5, 0.6) is 0 Å². The molecule has 0 aromatic heterocycles. The van der Waals surface area contributed by atoms with Gasteiger partial charge in [-0.2, -0.15) is 0 Å². The van der Waals surface area contributed by atoms with Crippen molar-refractivity contribution < 1.29 is 0 Å². The Kier molecular flexibility index (Phi) is 2.38. The van der Waals surface area contributed by atoms with Crippen LogP contribution >= 0.6 is 25.6 Å². The summed E-state index contributed by atoms with van der Waals surface area (Å²) >= 11 is 8.22. The SMILES string of the molecule is SN(S)c1ccc2ccccc2c1. The van der Waals surface area contributed by atoms with Gasteiger partial charge in [-0.1, -0.05) is 56.0 Å². The molecule has 0 saturated carbocycles. The highest BCUT2D eigenvalue weighted by Gasteiger charge is 1.97. The second-order valence-electron chi connectivity index (χ2n) is 2.82. The highest BCUT2D eigenvalue weighted by atomic mass is 32.2. The molecule has 0 atom stereocenters. The quantitative estimate of drug-likeness (QED) is 0.678. The van der Waals surface area contributed by atoms with Crippen molar-refractivity contribution in [3.05, 3.63) is 42.5 Å². The van der Waals surface area contributed by atoms with Gasteiger partial charge in [0, 0.05) is 0 Å². The van der Waals surface area contributed by atoms with E-state index >= 15 is 0 Å². The summed E-state index contributed by atoms with van der Waals surface area (Å²) in [5.41, 5.74) is 0.977. The highest BCUT2D eigenvalue weighted by Crippen LogP contribution is 2.23. The zero-order chi connectivity index (χ0) is 9.26. The Bertz CT molecular complexity index is 426. The maximum Gasteiger partial charge on any atom is 0.0595 e. The summed E-state index contributed by atoms with van der Waals surface area (Å²) in [5.74, 6) is 0. The van der Waals surface area contributed by atoms with Crippen LogP contribution in [0.25, 0.3) is 10.8 Å². The van der Waals surface area contributed by atoms with Gasteiger partial charge < -0.3 is 0 Å². The molecular weight excluding hydrogens is 198 g/mol. The summed E-state index contributed by atoms with van der Waals surface area (Å²) in [6.07, 6.45) is 0. The van der Waals surface area contributed by atoms with Gasteiger partial charge in [-0.15, -0.1) is 0 Å². The van der Waals surface area contributed by atoms with E-state index in [1.54, 1.807) is 0 Å². The lowest BCUT2D eigenvalue weighted by atomic mass is 10.1. The maximum atomic E-state index is 4.11. The van der Waals surface area contributed by atoms with Gasteiger partial charge in [0.2, 0.25) is 0 Å². The number of fused-ring (bicyclic) bond motifs is 1. The molecule has 3 heteroatoms. The van der Waals surface area contributed by atoms with Gasteiger partial charge in [-0.25, -0.2) is 0 Å². The van der Waals surface area contributed by atoms with Gasteiger partial charge in [-0.3, -0.25) is 3.71 Å². The molecule has 0 aliphatic rings. The molecule has 0 aliphatic heterocycles. The molecule has 0 heterocycles. The highest BCUT2D eigenvalue weighted by molar-refractivity contribution is 8.00. The van der Waals surface area contributed by atoms with E-state index in [9.17, 15) is 0 Å². The van der Waals surface area contributed by atoms with E-state index in [2.05, 4.69) is 49.9 Å². The van der Waals surface area contributed by atoms with Crippen LogP contribution in [-0.4, -0.2) is 0 Å². The van der Waals surface area contributed by atoms with Crippen LogP contribution in [0.3, 0.4) is 0 Å². The summed E-state index contributed by atoms with van der Waals surface area (Å²) < 4.78 is 1.51. The first-order chi connectivity index (χ1) is 6.27. The zero-order valence-corrected chi connectivity index (χ0v) is 8.67. The second-order valence-corrected chi connectivity index (χ2v) is 3.94. The van der Waals surface area contributed by atoms with Crippen molar-refractivity contribution in [2.45, 2.75) is 0 Å². The monoisotopic (exact) mass is 207 g/mol. The average Bonchev–Trinajstić information content (AvgIpc) is 2.17. The number of nitrogens with zero attached hydrogens (tertiary/aromatic N) is 1. The van der Waals surface area contributed by atoms with Crippen molar-refractivity contribution in [2.75, 3.05) is 3.71 Å². The summed E-state index contributed by atoms with van der Waals surface area (Å²) in [5, 5.41) is 2.43. The maximum absolute atomic E-state index is 4.11. The molecule has 13 heavy (non-hydrogen) atoms. The van der Waals surface area contributed by atoms with E-state index in [0.29, 0.717) is 0 Å². The Morgan fingerprint density at radius 1 is 0.846 bits per heavy atom. The van der Waals surface area contributed by atoms with Gasteiger partial charge in [0.15, 0.2) is 0 Å². The van der Waals surface area contributed by atoms with Crippen molar-refractivity contribution in [1.82, 2.24) is 0 Å². The van der Waals surface area contributed by atoms with E-state index in [1.165, 1.54) is 14.5 Å². The molecule has 2 rings (SSSR count). The molecule has 0 aliphatic carbocycles. The van der Waals surface area contributed by atoms with Gasteiger partial charge >= 0.3 is 0 Å². The van der Waals surface area contributed by atoms with E-state index in [0.717, 1.165) is 5.69 Å². The molecule has 0 unspecified atom stereocenters. The Hall–Kier alpha value is -0.800. The normalized spacial score (nSPS) is 10.3. The predicted octanol–water partition coefficient (Wildman–Crippen LogP) is 3.34. The first-order valence-corrected chi connectivity index (χ1v) is 4.74. The molecule has 2 aromatic carbocycles. The lowest BCUT2D eigenvalue weighted by Gasteiger charge is -2.09. The van der Waals surface area contributed by atoms with Crippen LogP contribution in [0.15, 0.2) is 42.5 Å².